The first-order chi connectivity index (χ1) is 38.4. The van der Waals surface area contributed by atoms with E-state index in [1.165, 1.54) is 12.1 Å². The molecule has 4 amide bonds. The van der Waals surface area contributed by atoms with E-state index in [2.05, 4.69) is 43.7 Å². The van der Waals surface area contributed by atoms with Gasteiger partial charge >= 0.3 is 31.1 Å². The van der Waals surface area contributed by atoms with Gasteiger partial charge in [0, 0.05) is 60.6 Å². The molecule has 82 heavy (non-hydrogen) atoms. The molecule has 3 fully saturated rings. The number of carbonyl (C=O) groups is 4. The number of nitrogens with zero attached hydrogens (tertiary/aromatic N) is 6. The highest BCUT2D eigenvalue weighted by atomic mass is 19.4. The van der Waals surface area contributed by atoms with Gasteiger partial charge in [-0.2, -0.15) is 40.2 Å². The lowest BCUT2D eigenvalue weighted by Gasteiger charge is -2.54. The van der Waals surface area contributed by atoms with E-state index in [1.54, 1.807) is 23.6 Å². The highest BCUT2D eigenvalue weighted by Crippen LogP contribution is 2.43. The van der Waals surface area contributed by atoms with Crippen LogP contribution in [0.25, 0.3) is 11.3 Å². The second kappa shape index (κ2) is 24.7. The van der Waals surface area contributed by atoms with Crippen molar-refractivity contribution in [1.29, 1.82) is 0 Å². The van der Waals surface area contributed by atoms with Crippen molar-refractivity contribution in [2.45, 2.75) is 115 Å². The molecule has 2 aromatic carbocycles. The number of quaternary nitrogens is 1. The van der Waals surface area contributed by atoms with E-state index in [0.717, 1.165) is 75.9 Å². The Labute approximate surface area is 465 Å². The molecule has 0 spiro atoms. The minimum absolute atomic E-state index is 0.199. The summed E-state index contributed by atoms with van der Waals surface area (Å²) in [5.74, 6) is 0.818. The molecule has 7 rings (SSSR count). The zero-order chi connectivity index (χ0) is 60.3. The predicted molar refractivity (Wildman–Crippen MR) is 274 cm³/mol. The number of halogens is 10. The Hall–Kier alpha value is -7.22. The summed E-state index contributed by atoms with van der Waals surface area (Å²) in [7, 11) is 3.94. The first-order valence-corrected chi connectivity index (χ1v) is 25.8. The number of amides is 4. The van der Waals surface area contributed by atoms with Crippen molar-refractivity contribution in [1.82, 2.24) is 41.1 Å². The molecule has 0 saturated carbocycles. The SMILES string of the molecule is COC(=O)NC(C(=O)NC(Cc1ccc(C#Cc2ccc(N3CC4CCC(C3)[N+]4(C)C3COC3)nc2)cc1)C(O)CN(Cc1c(F)cc(-c2ccn(C(F)F)n2)cc1F)NC(=O)C(NC(=O)OC)C(C)(C)C(F)(F)F)C(C)(C)C(F)(F)F. The first kappa shape index (κ1) is 62.4. The molecule has 5 N–H and O–H groups in total. The maximum Gasteiger partial charge on any atom is 0.407 e. The molecule has 0 aliphatic carbocycles. The number of benzene rings is 2. The van der Waals surface area contributed by atoms with Crippen LogP contribution in [0, 0.1) is 34.3 Å². The summed E-state index contributed by atoms with van der Waals surface area (Å²) in [6, 6.07) is 6.81. The summed E-state index contributed by atoms with van der Waals surface area (Å²) in [5.41, 5.74) is -4.40. The Morgan fingerprint density at radius 2 is 1.33 bits per heavy atom. The summed E-state index contributed by atoms with van der Waals surface area (Å²) < 4.78 is 162. The Balaban J connectivity index is 1.18. The minimum atomic E-state index is -5.23. The Morgan fingerprint density at radius 1 is 0.793 bits per heavy atom. The van der Waals surface area contributed by atoms with Crippen LogP contribution in [-0.2, 0) is 36.8 Å². The largest absolute Gasteiger partial charge is 0.453 e. The molecule has 5 heterocycles. The number of rotatable bonds is 19. The predicted octanol–water partition coefficient (Wildman–Crippen LogP) is 6.76. The Kier molecular flexibility index (Phi) is 18.8. The molecule has 2 aromatic heterocycles. The third-order valence-electron chi connectivity index (χ3n) is 15.9. The van der Waals surface area contributed by atoms with E-state index < -0.39 is 115 Å². The van der Waals surface area contributed by atoms with Crippen molar-refractivity contribution in [3.8, 4) is 23.1 Å². The van der Waals surface area contributed by atoms with Crippen LogP contribution >= 0.6 is 0 Å². The number of alkyl carbamates (subject to hydrolysis) is 2. The van der Waals surface area contributed by atoms with Crippen LogP contribution in [0.1, 0.15) is 69.3 Å². The molecule has 28 heteroatoms. The van der Waals surface area contributed by atoms with Crippen molar-refractivity contribution in [2.24, 2.45) is 10.8 Å². The molecule has 18 nitrogen and oxygen atoms in total. The van der Waals surface area contributed by atoms with E-state index in [9.17, 15) is 59.4 Å². The van der Waals surface area contributed by atoms with E-state index in [4.69, 9.17) is 9.72 Å². The third kappa shape index (κ3) is 13.6. The lowest BCUT2D eigenvalue weighted by Crippen LogP contribution is -2.72. The molecule has 446 valence electrons. The average Bonchev–Trinajstić information content (AvgIpc) is 3.95. The average molecular weight is 1170 g/mol. The zero-order valence-electron chi connectivity index (χ0n) is 45.6. The summed E-state index contributed by atoms with van der Waals surface area (Å²) >= 11 is 0. The van der Waals surface area contributed by atoms with E-state index in [-0.39, 0.29) is 21.5 Å². The molecule has 3 aliphatic heterocycles. The van der Waals surface area contributed by atoms with E-state index >= 15 is 8.78 Å². The van der Waals surface area contributed by atoms with Crippen molar-refractivity contribution >= 4 is 29.8 Å². The van der Waals surface area contributed by atoms with Crippen LogP contribution in [0.3, 0.4) is 0 Å². The fourth-order valence-electron chi connectivity index (χ4n) is 10.2. The van der Waals surface area contributed by atoms with Gasteiger partial charge in [0.25, 0.3) is 5.91 Å². The van der Waals surface area contributed by atoms with Crippen LogP contribution < -0.4 is 26.3 Å². The topological polar surface area (TPSA) is 202 Å². The fourth-order valence-corrected chi connectivity index (χ4v) is 10.2. The second-order valence-corrected chi connectivity index (χ2v) is 21.8. The number of alkyl halides is 8. The number of aliphatic hydroxyl groups is 1. The molecule has 3 saturated heterocycles. The number of aromatic nitrogens is 3. The number of anilines is 1. The third-order valence-corrected chi connectivity index (χ3v) is 15.9. The Morgan fingerprint density at radius 3 is 1.80 bits per heavy atom. The number of likely N-dealkylation sites (N-methyl/N-ethyl adjacent to an activating group) is 1. The monoisotopic (exact) mass is 1170 g/mol. The van der Waals surface area contributed by atoms with E-state index in [1.807, 2.05) is 22.9 Å². The van der Waals surface area contributed by atoms with Crippen molar-refractivity contribution in [3.05, 3.63) is 101 Å². The van der Waals surface area contributed by atoms with Gasteiger partial charge in [0.05, 0.1) is 63.0 Å². The van der Waals surface area contributed by atoms with Gasteiger partial charge in [-0.3, -0.25) is 15.0 Å². The van der Waals surface area contributed by atoms with Crippen LogP contribution in [0.15, 0.2) is 67.0 Å². The van der Waals surface area contributed by atoms with Gasteiger partial charge in [0.2, 0.25) is 5.91 Å². The summed E-state index contributed by atoms with van der Waals surface area (Å²) in [6.45, 7) is 0.142. The number of hydrazine groups is 1. The molecule has 3 aliphatic rings. The summed E-state index contributed by atoms with van der Waals surface area (Å²) in [4.78, 5) is 59.9. The maximum absolute atomic E-state index is 16.1. The highest BCUT2D eigenvalue weighted by molar-refractivity contribution is 5.87. The van der Waals surface area contributed by atoms with Crippen LogP contribution in [0.5, 0.6) is 0 Å². The van der Waals surface area contributed by atoms with Gasteiger partial charge in [-0.15, -0.1) is 0 Å². The molecule has 6 atom stereocenters. The van der Waals surface area contributed by atoms with Gasteiger partial charge in [0.15, 0.2) is 0 Å². The van der Waals surface area contributed by atoms with Gasteiger partial charge < -0.3 is 44.7 Å². The summed E-state index contributed by atoms with van der Waals surface area (Å²) in [6.07, 6.45) is -11.3. The molecule has 0 radical (unpaired) electrons. The molecule has 2 bridgehead atoms. The molecular formula is C54H63F10N10O8+. The number of nitrogens with one attached hydrogen (secondary N) is 4. The lowest BCUT2D eigenvalue weighted by atomic mass is 9.82. The number of hydrogen-bond donors (Lipinski definition) is 5. The minimum Gasteiger partial charge on any atom is -0.453 e. The normalized spacial score (nSPS) is 20.0. The number of fused-ring (bicyclic) bond motifs is 2. The number of hydrogen-bond acceptors (Lipinski definition) is 12. The molecule has 4 aromatic rings. The summed E-state index contributed by atoms with van der Waals surface area (Å²) in [5, 5.41) is 22.1. The first-order valence-electron chi connectivity index (χ1n) is 25.8. The second-order valence-electron chi connectivity index (χ2n) is 21.8. The standard InChI is InChI=1S/C54H62F10N10O8/c1-51(2,53(59,60)61)44(67-49(78)80-6)46(76)66-41(20-31-11-8-30(9-12-31)10-13-32-14-17-43(65-23-32)71-24-34-15-16-35(25-71)74(34,5)36-28-82-29-36)42(75)27-72(70-47(77)45(68-50(79)81-7)52(3,4)54(62,63)64)26-37-38(55)21-33(22-39(37)56)40-18-19-73(69-40)48(57)58/h8-9,11-12,14,17-19,21-23,34-36,41-42,44-45,48,75H,15-16,20,24-29H2,1-7H3,(H3-,66,67,68,70,76,77,78,79)/p+1. The lowest BCUT2D eigenvalue weighted by molar-refractivity contribution is -0.974. The number of piperazine rings is 1. The van der Waals surface area contributed by atoms with Crippen molar-refractivity contribution in [2.75, 3.05) is 59.0 Å². The van der Waals surface area contributed by atoms with E-state index in [0.29, 0.717) is 74.1 Å². The number of aliphatic hydroxyl groups excluding tert-OH is 1. The zero-order valence-corrected chi connectivity index (χ0v) is 45.6. The highest BCUT2D eigenvalue weighted by Gasteiger charge is 2.59. The van der Waals surface area contributed by atoms with Gasteiger partial charge in [-0.25, -0.2) is 33.0 Å². The number of methoxy groups -OCH3 is 2. The smallest absolute Gasteiger partial charge is 0.407 e. The van der Waals surface area contributed by atoms with Gasteiger partial charge in [-0.05, 0) is 82.1 Å². The van der Waals surface area contributed by atoms with Gasteiger partial charge in [0.1, 0.15) is 60.9 Å². The number of pyridine rings is 1. The van der Waals surface area contributed by atoms with Crippen molar-refractivity contribution < 1.29 is 86.9 Å². The Bertz CT molecular complexity index is 2960. The van der Waals surface area contributed by atoms with Crippen LogP contribution in [0.2, 0.25) is 0 Å². The number of carbonyl (C=O) groups excluding carboxylic acids is 4. The quantitative estimate of drug-likeness (QED) is 0.0286. The maximum atomic E-state index is 16.1. The van der Waals surface area contributed by atoms with Crippen molar-refractivity contribution in [3.63, 3.8) is 0 Å². The number of ether oxygens (including phenoxy) is 3. The fraction of sp³-hybridized carbons (Fsp3) is 0.519. The van der Waals surface area contributed by atoms with Crippen LogP contribution in [-0.4, -0.2) is 162 Å². The molecule has 6 unspecified atom stereocenters. The van der Waals surface area contributed by atoms with Gasteiger partial charge in [-0.1, -0.05) is 24.0 Å². The van der Waals surface area contributed by atoms with Crippen LogP contribution in [0.4, 0.5) is 59.3 Å². The molecular weight excluding hydrogens is 1110 g/mol.